The van der Waals surface area contributed by atoms with Gasteiger partial charge in [0.1, 0.15) is 5.75 Å². The molecule has 0 heterocycles. The molecule has 0 atom stereocenters. The smallest absolute Gasteiger partial charge is 0.309 e. The third-order valence-corrected chi connectivity index (χ3v) is 3.73. The number of carbonyl (C=O) groups excluding carboxylic acids is 2. The summed E-state index contributed by atoms with van der Waals surface area (Å²) in [6.45, 7) is 1.77. The Bertz CT molecular complexity index is 728. The van der Waals surface area contributed by atoms with E-state index in [4.69, 9.17) is 16.3 Å². The van der Waals surface area contributed by atoms with Gasteiger partial charge in [0.2, 0.25) is 0 Å². The molecule has 1 amide bonds. The van der Waals surface area contributed by atoms with Crippen LogP contribution < -0.4 is 10.1 Å². The number of hydrogen-bond acceptors (Lipinski definition) is 4. The second kappa shape index (κ2) is 8.36. The molecule has 0 aliphatic rings. The zero-order valence-corrected chi connectivity index (χ0v) is 14.2. The molecule has 2 rings (SSSR count). The normalized spacial score (nSPS) is 10.1. The number of aryl methyl sites for hydroxylation is 1. The molecule has 0 aromatic heterocycles. The van der Waals surface area contributed by atoms with E-state index >= 15 is 0 Å². The standard InChI is InChI=1S/C18H18ClNO4/c1-12-3-6-14(10-16(12)19)20-17(21)11-24-15-7-4-13(5-8-15)9-18(22)23-2/h3-8,10H,9,11H2,1-2H3,(H,20,21). The Balaban J connectivity index is 1.85. The monoisotopic (exact) mass is 347 g/mol. The molecule has 0 saturated heterocycles. The van der Waals surface area contributed by atoms with Crippen LogP contribution in [0.2, 0.25) is 5.02 Å². The van der Waals surface area contributed by atoms with Crippen LogP contribution in [0, 0.1) is 6.92 Å². The van der Waals surface area contributed by atoms with Crippen molar-refractivity contribution in [2.75, 3.05) is 19.0 Å². The molecular weight excluding hydrogens is 330 g/mol. The van der Waals surface area contributed by atoms with Crippen LogP contribution in [-0.4, -0.2) is 25.6 Å². The van der Waals surface area contributed by atoms with E-state index in [1.165, 1.54) is 7.11 Å². The summed E-state index contributed by atoms with van der Waals surface area (Å²) in [4.78, 5) is 23.1. The third-order valence-electron chi connectivity index (χ3n) is 3.33. The minimum absolute atomic E-state index is 0.123. The first-order valence-electron chi connectivity index (χ1n) is 7.32. The lowest BCUT2D eigenvalue weighted by atomic mass is 10.1. The van der Waals surface area contributed by atoms with Gasteiger partial charge in [-0.2, -0.15) is 0 Å². The number of rotatable bonds is 6. The third kappa shape index (κ3) is 5.28. The number of hydrogen-bond donors (Lipinski definition) is 1. The van der Waals surface area contributed by atoms with Crippen molar-refractivity contribution in [3.63, 3.8) is 0 Å². The van der Waals surface area contributed by atoms with Crippen molar-refractivity contribution in [3.05, 3.63) is 58.6 Å². The molecule has 6 heteroatoms. The minimum Gasteiger partial charge on any atom is -0.484 e. The molecule has 1 N–H and O–H groups in total. The predicted octanol–water partition coefficient (Wildman–Crippen LogP) is 3.38. The molecule has 126 valence electrons. The van der Waals surface area contributed by atoms with E-state index in [1.54, 1.807) is 36.4 Å². The van der Waals surface area contributed by atoms with Crippen molar-refractivity contribution in [1.82, 2.24) is 0 Å². The highest BCUT2D eigenvalue weighted by Crippen LogP contribution is 2.20. The maximum atomic E-state index is 11.9. The maximum Gasteiger partial charge on any atom is 0.309 e. The summed E-state index contributed by atoms with van der Waals surface area (Å²) in [6.07, 6.45) is 0.200. The summed E-state index contributed by atoms with van der Waals surface area (Å²) in [5, 5.41) is 3.31. The summed E-state index contributed by atoms with van der Waals surface area (Å²) < 4.78 is 10.0. The second-order valence-electron chi connectivity index (χ2n) is 5.20. The zero-order valence-electron chi connectivity index (χ0n) is 13.5. The molecule has 24 heavy (non-hydrogen) atoms. The molecule has 0 aliphatic heterocycles. The molecular formula is C18H18ClNO4. The van der Waals surface area contributed by atoms with Crippen LogP contribution in [0.3, 0.4) is 0 Å². The number of nitrogens with one attached hydrogen (secondary N) is 1. The molecule has 0 fully saturated rings. The molecule has 2 aromatic carbocycles. The number of benzene rings is 2. The minimum atomic E-state index is -0.306. The van der Waals surface area contributed by atoms with Gasteiger partial charge in [-0.05, 0) is 42.3 Å². The van der Waals surface area contributed by atoms with E-state index < -0.39 is 0 Å². The summed E-state index contributed by atoms with van der Waals surface area (Å²) >= 11 is 6.02. The van der Waals surface area contributed by atoms with Crippen molar-refractivity contribution in [3.8, 4) is 5.75 Å². The van der Waals surface area contributed by atoms with E-state index in [1.807, 2.05) is 13.0 Å². The maximum absolute atomic E-state index is 11.9. The molecule has 0 spiro atoms. The number of esters is 1. The van der Waals surface area contributed by atoms with Crippen molar-refractivity contribution in [2.45, 2.75) is 13.3 Å². The van der Waals surface area contributed by atoms with Gasteiger partial charge in [-0.1, -0.05) is 29.8 Å². The highest BCUT2D eigenvalue weighted by atomic mass is 35.5. The lowest BCUT2D eigenvalue weighted by Crippen LogP contribution is -2.20. The Labute approximate surface area is 145 Å². The van der Waals surface area contributed by atoms with Gasteiger partial charge in [-0.3, -0.25) is 9.59 Å². The van der Waals surface area contributed by atoms with E-state index in [0.717, 1.165) is 11.1 Å². The van der Waals surface area contributed by atoms with Gasteiger partial charge in [0, 0.05) is 10.7 Å². The molecule has 2 aromatic rings. The van der Waals surface area contributed by atoms with E-state index in [-0.39, 0.29) is 24.9 Å². The molecule has 0 aliphatic carbocycles. The lowest BCUT2D eigenvalue weighted by Gasteiger charge is -2.09. The molecule has 0 bridgehead atoms. The summed E-state index contributed by atoms with van der Waals surface area (Å²) in [5.41, 5.74) is 2.37. The second-order valence-corrected chi connectivity index (χ2v) is 5.60. The molecule has 0 radical (unpaired) electrons. The first-order chi connectivity index (χ1) is 11.5. The van der Waals surface area contributed by atoms with Crippen LogP contribution in [0.4, 0.5) is 5.69 Å². The molecule has 0 unspecified atom stereocenters. The largest absolute Gasteiger partial charge is 0.484 e. The number of ether oxygens (including phenoxy) is 2. The van der Waals surface area contributed by atoms with Crippen LogP contribution in [0.5, 0.6) is 5.75 Å². The van der Waals surface area contributed by atoms with Crippen LogP contribution in [-0.2, 0) is 20.7 Å². The van der Waals surface area contributed by atoms with Crippen molar-refractivity contribution in [1.29, 1.82) is 0 Å². The van der Waals surface area contributed by atoms with E-state index in [2.05, 4.69) is 10.1 Å². The predicted molar refractivity (Wildman–Crippen MR) is 92.5 cm³/mol. The van der Waals surface area contributed by atoms with Crippen LogP contribution in [0.25, 0.3) is 0 Å². The van der Waals surface area contributed by atoms with Crippen LogP contribution >= 0.6 is 11.6 Å². The number of halogens is 1. The van der Waals surface area contributed by atoms with Gasteiger partial charge < -0.3 is 14.8 Å². The quantitative estimate of drug-likeness (QED) is 0.813. The highest BCUT2D eigenvalue weighted by Gasteiger charge is 2.06. The van der Waals surface area contributed by atoms with Crippen molar-refractivity contribution < 1.29 is 19.1 Å². The Morgan fingerprint density at radius 1 is 1.12 bits per heavy atom. The van der Waals surface area contributed by atoms with Gasteiger partial charge in [-0.15, -0.1) is 0 Å². The summed E-state index contributed by atoms with van der Waals surface area (Å²) in [5.74, 6) is -0.0472. The number of methoxy groups -OCH3 is 1. The molecule has 0 saturated carbocycles. The number of anilines is 1. The average Bonchev–Trinajstić information content (AvgIpc) is 2.57. The van der Waals surface area contributed by atoms with E-state index in [0.29, 0.717) is 16.5 Å². The highest BCUT2D eigenvalue weighted by molar-refractivity contribution is 6.31. The summed E-state index contributed by atoms with van der Waals surface area (Å²) in [6, 6.07) is 12.2. The van der Waals surface area contributed by atoms with Gasteiger partial charge in [0.05, 0.1) is 13.5 Å². The Morgan fingerprint density at radius 2 is 1.83 bits per heavy atom. The van der Waals surface area contributed by atoms with Crippen molar-refractivity contribution in [2.24, 2.45) is 0 Å². The van der Waals surface area contributed by atoms with E-state index in [9.17, 15) is 9.59 Å². The first-order valence-corrected chi connectivity index (χ1v) is 7.70. The topological polar surface area (TPSA) is 64.6 Å². The first kappa shape index (κ1) is 17.8. The SMILES string of the molecule is COC(=O)Cc1ccc(OCC(=O)Nc2ccc(C)c(Cl)c2)cc1. The fourth-order valence-electron chi connectivity index (χ4n) is 1.96. The van der Waals surface area contributed by atoms with Gasteiger partial charge in [-0.25, -0.2) is 0 Å². The fourth-order valence-corrected chi connectivity index (χ4v) is 2.14. The number of carbonyl (C=O) groups is 2. The van der Waals surface area contributed by atoms with Gasteiger partial charge >= 0.3 is 5.97 Å². The van der Waals surface area contributed by atoms with Crippen molar-refractivity contribution >= 4 is 29.2 Å². The molecule has 5 nitrogen and oxygen atoms in total. The Hall–Kier alpha value is -2.53. The fraction of sp³-hybridized carbons (Fsp3) is 0.222. The number of amides is 1. The van der Waals surface area contributed by atoms with Crippen LogP contribution in [0.15, 0.2) is 42.5 Å². The summed E-state index contributed by atoms with van der Waals surface area (Å²) in [7, 11) is 1.35. The average molecular weight is 348 g/mol. The van der Waals surface area contributed by atoms with Gasteiger partial charge in [0.15, 0.2) is 6.61 Å². The zero-order chi connectivity index (χ0) is 17.5. The lowest BCUT2D eigenvalue weighted by molar-refractivity contribution is -0.139. The Morgan fingerprint density at radius 3 is 2.46 bits per heavy atom. The Kier molecular flexibility index (Phi) is 6.21. The van der Waals surface area contributed by atoms with Gasteiger partial charge in [0.25, 0.3) is 5.91 Å². The van der Waals surface area contributed by atoms with Crippen LogP contribution in [0.1, 0.15) is 11.1 Å².